The van der Waals surface area contributed by atoms with Gasteiger partial charge in [-0.2, -0.15) is 0 Å². The van der Waals surface area contributed by atoms with E-state index in [2.05, 4.69) is 0 Å². The SMILES string of the molecule is CC(=O)SCCC(O)C(O)c1cc([N+](=O)[O-])ccc1N. The number of anilines is 1. The molecule has 0 radical (unpaired) electrons. The second-order valence-corrected chi connectivity index (χ2v) is 5.48. The fraction of sp³-hybridized carbons (Fsp3) is 0.417. The normalized spacial score (nSPS) is 13.8. The second kappa shape index (κ2) is 7.22. The lowest BCUT2D eigenvalue weighted by atomic mass is 10.0. The molecule has 4 N–H and O–H groups in total. The fourth-order valence-corrected chi connectivity index (χ4v) is 2.27. The third-order valence-electron chi connectivity index (χ3n) is 2.68. The predicted molar refractivity (Wildman–Crippen MR) is 76.2 cm³/mol. The highest BCUT2D eigenvalue weighted by Gasteiger charge is 2.22. The number of aliphatic hydroxyl groups excluding tert-OH is 2. The molecule has 20 heavy (non-hydrogen) atoms. The average Bonchev–Trinajstić information content (AvgIpc) is 2.37. The second-order valence-electron chi connectivity index (χ2n) is 4.21. The van der Waals surface area contributed by atoms with E-state index in [1.807, 2.05) is 0 Å². The van der Waals surface area contributed by atoms with Crippen LogP contribution in [-0.4, -0.2) is 32.1 Å². The van der Waals surface area contributed by atoms with Gasteiger partial charge in [0.1, 0.15) is 6.10 Å². The standard InChI is InChI=1S/C12H16N2O5S/c1-7(15)20-5-4-11(16)12(17)9-6-8(14(18)19)2-3-10(9)13/h2-3,6,11-12,16-17H,4-5,13H2,1H3. The summed E-state index contributed by atoms with van der Waals surface area (Å²) < 4.78 is 0. The van der Waals surface area contributed by atoms with Crippen molar-refractivity contribution in [2.75, 3.05) is 11.5 Å². The summed E-state index contributed by atoms with van der Waals surface area (Å²) in [4.78, 5) is 20.8. The summed E-state index contributed by atoms with van der Waals surface area (Å²) in [5.74, 6) is 0.350. The van der Waals surface area contributed by atoms with Crippen LogP contribution in [0.1, 0.15) is 25.0 Å². The Hall–Kier alpha value is -1.64. The van der Waals surface area contributed by atoms with Crippen molar-refractivity contribution in [1.82, 2.24) is 0 Å². The van der Waals surface area contributed by atoms with E-state index in [4.69, 9.17) is 5.73 Å². The van der Waals surface area contributed by atoms with E-state index < -0.39 is 17.1 Å². The molecule has 0 saturated carbocycles. The van der Waals surface area contributed by atoms with Gasteiger partial charge in [0.25, 0.3) is 5.69 Å². The monoisotopic (exact) mass is 300 g/mol. The van der Waals surface area contributed by atoms with Crippen LogP contribution in [0.2, 0.25) is 0 Å². The van der Waals surface area contributed by atoms with Gasteiger partial charge in [-0.3, -0.25) is 14.9 Å². The summed E-state index contributed by atoms with van der Waals surface area (Å²) in [6.45, 7) is 1.41. The van der Waals surface area contributed by atoms with Crippen molar-refractivity contribution in [2.45, 2.75) is 25.6 Å². The zero-order chi connectivity index (χ0) is 15.3. The van der Waals surface area contributed by atoms with Gasteiger partial charge in [0, 0.05) is 36.1 Å². The molecule has 0 aromatic heterocycles. The molecule has 2 unspecified atom stereocenters. The summed E-state index contributed by atoms with van der Waals surface area (Å²) >= 11 is 1.03. The molecule has 2 atom stereocenters. The summed E-state index contributed by atoms with van der Waals surface area (Å²) in [6, 6.07) is 3.68. The number of nitrogens with zero attached hydrogens (tertiary/aromatic N) is 1. The number of nitrogen functional groups attached to an aromatic ring is 1. The quantitative estimate of drug-likeness (QED) is 0.410. The number of thioether (sulfide) groups is 1. The number of carbonyl (C=O) groups is 1. The Morgan fingerprint density at radius 2 is 2.15 bits per heavy atom. The number of nitro groups is 1. The van der Waals surface area contributed by atoms with Crippen LogP contribution in [-0.2, 0) is 4.79 Å². The van der Waals surface area contributed by atoms with Crippen LogP contribution in [0.3, 0.4) is 0 Å². The van der Waals surface area contributed by atoms with Crippen molar-refractivity contribution in [3.8, 4) is 0 Å². The molecule has 8 heteroatoms. The number of nitrogens with two attached hydrogens (primary N) is 1. The Kier molecular flexibility index (Phi) is 5.93. The molecule has 0 fully saturated rings. The fourth-order valence-electron chi connectivity index (χ4n) is 1.62. The first-order chi connectivity index (χ1) is 9.32. The minimum absolute atomic E-state index is 0.0819. The van der Waals surface area contributed by atoms with Gasteiger partial charge in [0.15, 0.2) is 5.12 Å². The van der Waals surface area contributed by atoms with Gasteiger partial charge in [0.05, 0.1) is 11.0 Å². The van der Waals surface area contributed by atoms with Crippen LogP contribution in [0.25, 0.3) is 0 Å². The van der Waals surface area contributed by atoms with Crippen molar-refractivity contribution >= 4 is 28.3 Å². The lowest BCUT2D eigenvalue weighted by molar-refractivity contribution is -0.385. The average molecular weight is 300 g/mol. The van der Waals surface area contributed by atoms with Crippen LogP contribution < -0.4 is 5.73 Å². The molecule has 1 rings (SSSR count). The number of aliphatic hydroxyl groups is 2. The first-order valence-corrected chi connectivity index (χ1v) is 6.84. The van der Waals surface area contributed by atoms with E-state index >= 15 is 0 Å². The molecule has 0 amide bonds. The Morgan fingerprint density at radius 1 is 1.50 bits per heavy atom. The highest BCUT2D eigenvalue weighted by Crippen LogP contribution is 2.28. The van der Waals surface area contributed by atoms with Gasteiger partial charge in [-0.05, 0) is 12.5 Å². The predicted octanol–water partition coefficient (Wildman–Crippen LogP) is 1.24. The van der Waals surface area contributed by atoms with Crippen LogP contribution >= 0.6 is 11.8 Å². The molecule has 0 bridgehead atoms. The largest absolute Gasteiger partial charge is 0.398 e. The topological polar surface area (TPSA) is 127 Å². The van der Waals surface area contributed by atoms with Gasteiger partial charge < -0.3 is 15.9 Å². The Balaban J connectivity index is 2.79. The molecule has 1 aromatic rings. The Labute approximate surface area is 119 Å². The Morgan fingerprint density at radius 3 is 2.70 bits per heavy atom. The minimum atomic E-state index is -1.33. The van der Waals surface area contributed by atoms with Crippen molar-refractivity contribution in [3.05, 3.63) is 33.9 Å². The first kappa shape index (κ1) is 16.4. The summed E-state index contributed by atoms with van der Waals surface area (Å²) in [6.07, 6.45) is -2.30. The lowest BCUT2D eigenvalue weighted by Crippen LogP contribution is -2.20. The minimum Gasteiger partial charge on any atom is -0.398 e. The van der Waals surface area contributed by atoms with Crippen LogP contribution in [0, 0.1) is 10.1 Å². The molecule has 0 spiro atoms. The van der Waals surface area contributed by atoms with E-state index in [9.17, 15) is 25.1 Å². The molecule has 0 heterocycles. The van der Waals surface area contributed by atoms with Crippen LogP contribution in [0.4, 0.5) is 11.4 Å². The van der Waals surface area contributed by atoms with Crippen LogP contribution in [0.5, 0.6) is 0 Å². The lowest BCUT2D eigenvalue weighted by Gasteiger charge is -2.19. The third-order valence-corrected chi connectivity index (χ3v) is 3.53. The molecule has 7 nitrogen and oxygen atoms in total. The Bertz CT molecular complexity index is 509. The van der Waals surface area contributed by atoms with Crippen molar-refractivity contribution in [2.24, 2.45) is 0 Å². The number of nitro benzene ring substituents is 1. The number of hydrogen-bond acceptors (Lipinski definition) is 7. The summed E-state index contributed by atoms with van der Waals surface area (Å²) in [5, 5.41) is 30.4. The molecular weight excluding hydrogens is 284 g/mol. The smallest absolute Gasteiger partial charge is 0.269 e. The zero-order valence-corrected chi connectivity index (χ0v) is 11.7. The van der Waals surface area contributed by atoms with Gasteiger partial charge >= 0.3 is 0 Å². The third kappa shape index (κ3) is 4.48. The van der Waals surface area contributed by atoms with E-state index in [-0.39, 0.29) is 28.5 Å². The van der Waals surface area contributed by atoms with Gasteiger partial charge in [0.2, 0.25) is 0 Å². The van der Waals surface area contributed by atoms with E-state index in [1.54, 1.807) is 0 Å². The van der Waals surface area contributed by atoms with Crippen molar-refractivity contribution in [3.63, 3.8) is 0 Å². The van der Waals surface area contributed by atoms with Crippen LogP contribution in [0.15, 0.2) is 18.2 Å². The molecule has 0 aliphatic carbocycles. The van der Waals surface area contributed by atoms with Crippen molar-refractivity contribution < 1.29 is 19.9 Å². The van der Waals surface area contributed by atoms with Gasteiger partial charge in [-0.1, -0.05) is 11.8 Å². The van der Waals surface area contributed by atoms with E-state index in [1.165, 1.54) is 19.1 Å². The number of rotatable bonds is 6. The molecule has 0 aliphatic rings. The first-order valence-electron chi connectivity index (χ1n) is 5.86. The maximum atomic E-state index is 10.8. The van der Waals surface area contributed by atoms with E-state index in [0.717, 1.165) is 17.8 Å². The number of hydrogen-bond donors (Lipinski definition) is 3. The van der Waals surface area contributed by atoms with Crippen molar-refractivity contribution in [1.29, 1.82) is 0 Å². The zero-order valence-electron chi connectivity index (χ0n) is 10.9. The summed E-state index contributed by atoms with van der Waals surface area (Å²) in [5.41, 5.74) is 5.72. The molecule has 0 saturated heterocycles. The number of benzene rings is 1. The highest BCUT2D eigenvalue weighted by molar-refractivity contribution is 8.13. The maximum Gasteiger partial charge on any atom is 0.269 e. The molecular formula is C12H16N2O5S. The number of non-ortho nitro benzene ring substituents is 1. The van der Waals surface area contributed by atoms with E-state index in [0.29, 0.717) is 5.75 Å². The molecule has 1 aromatic carbocycles. The molecule has 0 aliphatic heterocycles. The maximum absolute atomic E-state index is 10.8. The van der Waals surface area contributed by atoms with Gasteiger partial charge in [-0.15, -0.1) is 0 Å². The number of carbonyl (C=O) groups excluding carboxylic acids is 1. The highest BCUT2D eigenvalue weighted by atomic mass is 32.2. The van der Waals surface area contributed by atoms with Gasteiger partial charge in [-0.25, -0.2) is 0 Å². The molecule has 110 valence electrons. The summed E-state index contributed by atoms with van der Waals surface area (Å²) in [7, 11) is 0.